The second-order valence-corrected chi connectivity index (χ2v) is 3.88. The Morgan fingerprint density at radius 3 is 2.63 bits per heavy atom. The number of nitrogens with zero attached hydrogens (tertiary/aromatic N) is 3. The number of nitrogens with one attached hydrogen (secondary N) is 1. The number of anilines is 1. The first kappa shape index (κ1) is 12.9. The zero-order valence-corrected chi connectivity index (χ0v) is 10.2. The minimum absolute atomic E-state index is 0.0954. The number of hydrogen-bond donors (Lipinski definition) is 1. The molecule has 0 bridgehead atoms. The second-order valence-electron chi connectivity index (χ2n) is 3.47. The van der Waals surface area contributed by atoms with E-state index in [1.165, 1.54) is 36.9 Å². The van der Waals surface area contributed by atoms with Gasteiger partial charge >= 0.3 is 5.69 Å². The highest BCUT2D eigenvalue weighted by Gasteiger charge is 2.23. The highest BCUT2D eigenvalue weighted by atomic mass is 35.5. The Balaban J connectivity index is 2.35. The number of carbonyl (C=O) groups excluding carboxylic acids is 1. The molecule has 8 heteroatoms. The van der Waals surface area contributed by atoms with Crippen LogP contribution >= 0.6 is 11.6 Å². The zero-order chi connectivity index (χ0) is 13.8. The molecule has 0 aliphatic heterocycles. The van der Waals surface area contributed by atoms with Crippen LogP contribution in [0.4, 0.5) is 11.4 Å². The van der Waals surface area contributed by atoms with Crippen LogP contribution in [0.2, 0.25) is 5.02 Å². The molecule has 1 N–H and O–H groups in total. The summed E-state index contributed by atoms with van der Waals surface area (Å²) in [5.41, 5.74) is -0.221. The van der Waals surface area contributed by atoms with Gasteiger partial charge in [-0.25, -0.2) is 9.97 Å². The van der Waals surface area contributed by atoms with E-state index < -0.39 is 16.5 Å². The van der Waals surface area contributed by atoms with Gasteiger partial charge in [0.1, 0.15) is 16.9 Å². The maximum atomic E-state index is 12.0. The second kappa shape index (κ2) is 5.40. The highest BCUT2D eigenvalue weighted by Crippen LogP contribution is 2.28. The van der Waals surface area contributed by atoms with Crippen molar-refractivity contribution in [3.05, 3.63) is 57.6 Å². The lowest BCUT2D eigenvalue weighted by atomic mass is 10.1. The van der Waals surface area contributed by atoms with Gasteiger partial charge in [0.15, 0.2) is 0 Å². The predicted molar refractivity (Wildman–Crippen MR) is 68.1 cm³/mol. The molecule has 2 aromatic rings. The van der Waals surface area contributed by atoms with Crippen LogP contribution < -0.4 is 5.32 Å². The third-order valence-electron chi connectivity index (χ3n) is 2.23. The van der Waals surface area contributed by atoms with Crippen molar-refractivity contribution in [2.75, 3.05) is 5.32 Å². The smallest absolute Gasteiger partial charge is 0.300 e. The third kappa shape index (κ3) is 2.83. The van der Waals surface area contributed by atoms with Gasteiger partial charge in [-0.05, 0) is 12.1 Å². The van der Waals surface area contributed by atoms with Crippen molar-refractivity contribution < 1.29 is 9.72 Å². The third-order valence-corrected chi connectivity index (χ3v) is 2.54. The molecule has 0 unspecified atom stereocenters. The Bertz CT molecular complexity index is 633. The van der Waals surface area contributed by atoms with E-state index in [0.29, 0.717) is 5.69 Å². The standard InChI is InChI=1S/C11H7ClN4O3/c12-9-3-1-2-8(10(9)16(18)19)11(17)15-7-4-13-6-14-5-7/h1-6H,(H,15,17). The number of nitro benzene ring substituents is 1. The predicted octanol–water partition coefficient (Wildman–Crippen LogP) is 2.29. The van der Waals surface area contributed by atoms with Crippen molar-refractivity contribution >= 4 is 28.9 Å². The lowest BCUT2D eigenvalue weighted by Crippen LogP contribution is -2.14. The summed E-state index contributed by atoms with van der Waals surface area (Å²) in [6, 6.07) is 4.14. The van der Waals surface area contributed by atoms with Crippen molar-refractivity contribution in [1.29, 1.82) is 0 Å². The first-order valence-electron chi connectivity index (χ1n) is 5.09. The van der Waals surface area contributed by atoms with E-state index in [4.69, 9.17) is 11.6 Å². The summed E-state index contributed by atoms with van der Waals surface area (Å²) < 4.78 is 0. The van der Waals surface area contributed by atoms with Gasteiger partial charge in [-0.15, -0.1) is 0 Å². The van der Waals surface area contributed by atoms with Crippen molar-refractivity contribution in [2.24, 2.45) is 0 Å². The number of carbonyl (C=O) groups is 1. The van der Waals surface area contributed by atoms with Crippen LogP contribution in [0.5, 0.6) is 0 Å². The fraction of sp³-hybridized carbons (Fsp3) is 0. The van der Waals surface area contributed by atoms with E-state index in [1.54, 1.807) is 0 Å². The molecule has 0 fully saturated rings. The van der Waals surface area contributed by atoms with Crippen molar-refractivity contribution in [3.63, 3.8) is 0 Å². The van der Waals surface area contributed by atoms with Crippen LogP contribution in [0.3, 0.4) is 0 Å². The molecule has 0 radical (unpaired) electrons. The number of hydrogen-bond acceptors (Lipinski definition) is 5. The minimum Gasteiger partial charge on any atom is -0.319 e. The number of para-hydroxylation sites is 1. The first-order valence-corrected chi connectivity index (χ1v) is 5.46. The van der Waals surface area contributed by atoms with Crippen LogP contribution in [0, 0.1) is 10.1 Å². The van der Waals surface area contributed by atoms with Gasteiger partial charge in [0.2, 0.25) is 0 Å². The first-order chi connectivity index (χ1) is 9.09. The van der Waals surface area contributed by atoms with Crippen LogP contribution in [-0.2, 0) is 0 Å². The summed E-state index contributed by atoms with van der Waals surface area (Å²) >= 11 is 5.73. The maximum absolute atomic E-state index is 12.0. The van der Waals surface area contributed by atoms with Gasteiger partial charge in [-0.2, -0.15) is 0 Å². The van der Waals surface area contributed by atoms with Gasteiger partial charge in [0.05, 0.1) is 23.0 Å². The number of halogens is 1. The fourth-order valence-electron chi connectivity index (χ4n) is 1.45. The molecular formula is C11H7ClN4O3. The minimum atomic E-state index is -0.696. The monoisotopic (exact) mass is 278 g/mol. The van der Waals surface area contributed by atoms with Gasteiger partial charge < -0.3 is 5.32 Å². The van der Waals surface area contributed by atoms with Crippen LogP contribution in [0.25, 0.3) is 0 Å². The van der Waals surface area contributed by atoms with E-state index in [2.05, 4.69) is 15.3 Å². The number of aromatic nitrogens is 2. The molecule has 0 saturated carbocycles. The van der Waals surface area contributed by atoms with Gasteiger partial charge in [-0.3, -0.25) is 14.9 Å². The fourth-order valence-corrected chi connectivity index (χ4v) is 1.69. The molecule has 7 nitrogen and oxygen atoms in total. The lowest BCUT2D eigenvalue weighted by Gasteiger charge is -2.05. The average Bonchev–Trinajstić information content (AvgIpc) is 2.39. The van der Waals surface area contributed by atoms with E-state index in [-0.39, 0.29) is 10.6 Å². The van der Waals surface area contributed by atoms with E-state index in [9.17, 15) is 14.9 Å². The summed E-state index contributed by atoms with van der Waals surface area (Å²) in [6.07, 6.45) is 4.06. The SMILES string of the molecule is O=C(Nc1cncnc1)c1cccc(Cl)c1[N+](=O)[O-]. The largest absolute Gasteiger partial charge is 0.319 e. The molecule has 0 spiro atoms. The van der Waals surface area contributed by atoms with Crippen molar-refractivity contribution in [2.45, 2.75) is 0 Å². The quantitative estimate of drug-likeness (QED) is 0.686. The topological polar surface area (TPSA) is 98.0 Å². The van der Waals surface area contributed by atoms with Gasteiger partial charge in [-0.1, -0.05) is 17.7 Å². The molecule has 2 rings (SSSR count). The Morgan fingerprint density at radius 2 is 2.00 bits per heavy atom. The van der Waals surface area contributed by atoms with E-state index in [0.717, 1.165) is 0 Å². The molecule has 96 valence electrons. The van der Waals surface area contributed by atoms with Gasteiger partial charge in [0, 0.05) is 0 Å². The Kier molecular flexibility index (Phi) is 3.67. The molecule has 0 aliphatic rings. The van der Waals surface area contributed by atoms with Crippen LogP contribution in [-0.4, -0.2) is 20.8 Å². The molecule has 1 aromatic heterocycles. The van der Waals surface area contributed by atoms with Crippen molar-refractivity contribution in [1.82, 2.24) is 9.97 Å². The van der Waals surface area contributed by atoms with Gasteiger partial charge in [0.25, 0.3) is 5.91 Å². The molecule has 1 amide bonds. The molecular weight excluding hydrogens is 272 g/mol. The molecule has 1 aromatic carbocycles. The normalized spacial score (nSPS) is 9.95. The summed E-state index contributed by atoms with van der Waals surface area (Å²) in [7, 11) is 0. The van der Waals surface area contributed by atoms with Crippen LogP contribution in [0.15, 0.2) is 36.9 Å². The number of rotatable bonds is 3. The Hall–Kier alpha value is -2.54. The maximum Gasteiger partial charge on any atom is 0.300 e. The van der Waals surface area contributed by atoms with Crippen LogP contribution in [0.1, 0.15) is 10.4 Å². The Labute approximate surface area is 112 Å². The number of nitro groups is 1. The van der Waals surface area contributed by atoms with E-state index in [1.807, 2.05) is 0 Å². The van der Waals surface area contributed by atoms with E-state index >= 15 is 0 Å². The average molecular weight is 279 g/mol. The summed E-state index contributed by atoms with van der Waals surface area (Å²) in [5, 5.41) is 13.3. The summed E-state index contributed by atoms with van der Waals surface area (Å²) in [5.74, 6) is -0.649. The lowest BCUT2D eigenvalue weighted by molar-refractivity contribution is -0.385. The molecule has 0 saturated heterocycles. The number of benzene rings is 1. The molecule has 0 aliphatic carbocycles. The van der Waals surface area contributed by atoms with Crippen molar-refractivity contribution in [3.8, 4) is 0 Å². The summed E-state index contributed by atoms with van der Waals surface area (Å²) in [6.45, 7) is 0. The zero-order valence-electron chi connectivity index (χ0n) is 9.41. The number of amides is 1. The molecule has 0 atom stereocenters. The molecule has 19 heavy (non-hydrogen) atoms. The highest BCUT2D eigenvalue weighted by molar-refractivity contribution is 6.33. The molecule has 1 heterocycles. The Morgan fingerprint density at radius 1 is 1.32 bits per heavy atom. The summed E-state index contributed by atoms with van der Waals surface area (Å²) in [4.78, 5) is 29.6.